The fourth-order valence-electron chi connectivity index (χ4n) is 1.55. The number of rotatable bonds is 6. The van der Waals surface area contributed by atoms with Crippen molar-refractivity contribution in [3.63, 3.8) is 0 Å². The highest BCUT2D eigenvalue weighted by Gasteiger charge is 2.10. The molecular formula is C11H19N3O2. The molecule has 5 heteroatoms. The SMILES string of the molecule is CCC[C@@H](C)c1cc(NC(=O)COC)n[nH]1. The summed E-state index contributed by atoms with van der Waals surface area (Å²) in [5.41, 5.74) is 1.05. The molecule has 0 aromatic carbocycles. The second kappa shape index (κ2) is 6.27. The number of aromatic amines is 1. The van der Waals surface area contributed by atoms with E-state index in [0.717, 1.165) is 18.5 Å². The molecule has 0 fully saturated rings. The summed E-state index contributed by atoms with van der Waals surface area (Å²) in [4.78, 5) is 11.2. The number of hydrogen-bond acceptors (Lipinski definition) is 3. The van der Waals surface area contributed by atoms with Gasteiger partial charge < -0.3 is 10.1 Å². The molecule has 5 nitrogen and oxygen atoms in total. The molecule has 0 saturated carbocycles. The minimum absolute atomic E-state index is 0.0483. The van der Waals surface area contributed by atoms with Crippen LogP contribution in [0.2, 0.25) is 0 Å². The van der Waals surface area contributed by atoms with Crippen LogP contribution in [0.25, 0.3) is 0 Å². The number of carbonyl (C=O) groups excluding carboxylic acids is 1. The molecule has 1 aromatic heterocycles. The molecule has 0 aliphatic rings. The number of nitrogens with one attached hydrogen (secondary N) is 2. The Morgan fingerprint density at radius 3 is 3.06 bits per heavy atom. The molecule has 1 amide bonds. The molecule has 2 N–H and O–H groups in total. The Bertz CT molecular complexity index is 336. The van der Waals surface area contributed by atoms with Crippen LogP contribution in [-0.4, -0.2) is 29.8 Å². The summed E-state index contributed by atoms with van der Waals surface area (Å²) in [5, 5.41) is 9.62. The van der Waals surface area contributed by atoms with Crippen LogP contribution in [0.5, 0.6) is 0 Å². The monoisotopic (exact) mass is 225 g/mol. The van der Waals surface area contributed by atoms with Crippen LogP contribution in [-0.2, 0) is 9.53 Å². The van der Waals surface area contributed by atoms with E-state index in [9.17, 15) is 4.79 Å². The van der Waals surface area contributed by atoms with Gasteiger partial charge in [-0.15, -0.1) is 0 Å². The van der Waals surface area contributed by atoms with Crippen molar-refractivity contribution >= 4 is 11.7 Å². The summed E-state index contributed by atoms with van der Waals surface area (Å²) in [6.45, 7) is 4.33. The molecule has 0 bridgehead atoms. The third-order valence-corrected chi connectivity index (χ3v) is 2.39. The Kier molecular flexibility index (Phi) is 4.98. The van der Waals surface area contributed by atoms with Crippen LogP contribution in [0, 0.1) is 0 Å². The highest BCUT2D eigenvalue weighted by Crippen LogP contribution is 2.20. The molecule has 1 atom stereocenters. The number of methoxy groups -OCH3 is 1. The fraction of sp³-hybridized carbons (Fsp3) is 0.636. The number of amides is 1. The third kappa shape index (κ3) is 3.66. The van der Waals surface area contributed by atoms with Gasteiger partial charge in [0.2, 0.25) is 0 Å². The second-order valence-corrected chi connectivity index (χ2v) is 3.88. The fourth-order valence-corrected chi connectivity index (χ4v) is 1.55. The maximum atomic E-state index is 11.2. The van der Waals surface area contributed by atoms with Gasteiger partial charge in [-0.25, -0.2) is 0 Å². The molecule has 16 heavy (non-hydrogen) atoms. The number of anilines is 1. The summed E-state index contributed by atoms with van der Waals surface area (Å²) in [5.74, 6) is 0.800. The lowest BCUT2D eigenvalue weighted by atomic mass is 10.0. The molecule has 0 saturated heterocycles. The van der Waals surface area contributed by atoms with Crippen molar-refractivity contribution in [1.82, 2.24) is 10.2 Å². The highest BCUT2D eigenvalue weighted by molar-refractivity contribution is 5.90. The van der Waals surface area contributed by atoms with E-state index in [4.69, 9.17) is 4.74 Å². The molecule has 0 unspecified atom stereocenters. The van der Waals surface area contributed by atoms with E-state index in [1.54, 1.807) is 0 Å². The Balaban J connectivity index is 2.54. The maximum absolute atomic E-state index is 11.2. The normalized spacial score (nSPS) is 12.4. The molecule has 1 rings (SSSR count). The zero-order chi connectivity index (χ0) is 12.0. The average Bonchev–Trinajstić information content (AvgIpc) is 2.67. The largest absolute Gasteiger partial charge is 0.375 e. The molecule has 1 aromatic rings. The van der Waals surface area contributed by atoms with Crippen LogP contribution < -0.4 is 5.32 Å². The van der Waals surface area contributed by atoms with Crippen LogP contribution in [0.4, 0.5) is 5.82 Å². The molecule has 90 valence electrons. The highest BCUT2D eigenvalue weighted by atomic mass is 16.5. The Morgan fingerprint density at radius 2 is 2.44 bits per heavy atom. The van der Waals surface area contributed by atoms with Gasteiger partial charge in [-0.3, -0.25) is 9.89 Å². The average molecular weight is 225 g/mol. The number of H-pyrrole nitrogens is 1. The van der Waals surface area contributed by atoms with Gasteiger partial charge in [0.25, 0.3) is 5.91 Å². The minimum atomic E-state index is -0.191. The van der Waals surface area contributed by atoms with Crippen molar-refractivity contribution < 1.29 is 9.53 Å². The molecule has 0 aliphatic heterocycles. The quantitative estimate of drug-likeness (QED) is 0.777. The van der Waals surface area contributed by atoms with Gasteiger partial charge >= 0.3 is 0 Å². The zero-order valence-electron chi connectivity index (χ0n) is 10.0. The lowest BCUT2D eigenvalue weighted by Crippen LogP contribution is -2.17. The summed E-state index contributed by atoms with van der Waals surface area (Å²) in [7, 11) is 1.48. The number of aromatic nitrogens is 2. The number of ether oxygens (including phenoxy) is 1. The minimum Gasteiger partial charge on any atom is -0.375 e. The molecule has 1 heterocycles. The molecule has 0 spiro atoms. The van der Waals surface area contributed by atoms with Crippen molar-refractivity contribution in [2.45, 2.75) is 32.6 Å². The maximum Gasteiger partial charge on any atom is 0.251 e. The van der Waals surface area contributed by atoms with Gasteiger partial charge in [-0.2, -0.15) is 5.10 Å². The molecule has 0 radical (unpaired) electrons. The summed E-state index contributed by atoms with van der Waals surface area (Å²) < 4.78 is 4.72. The molecular weight excluding hydrogens is 206 g/mol. The summed E-state index contributed by atoms with van der Waals surface area (Å²) >= 11 is 0. The van der Waals surface area contributed by atoms with Gasteiger partial charge in [-0.05, 0) is 12.3 Å². The first kappa shape index (κ1) is 12.7. The topological polar surface area (TPSA) is 67.0 Å². The Hall–Kier alpha value is -1.36. The van der Waals surface area contributed by atoms with Crippen molar-refractivity contribution in [2.24, 2.45) is 0 Å². The summed E-state index contributed by atoms with van der Waals surface area (Å²) in [6, 6.07) is 1.87. The van der Waals surface area contributed by atoms with E-state index in [2.05, 4.69) is 29.4 Å². The number of carbonyl (C=O) groups is 1. The van der Waals surface area contributed by atoms with E-state index >= 15 is 0 Å². The Morgan fingerprint density at radius 1 is 1.69 bits per heavy atom. The number of nitrogens with zero attached hydrogens (tertiary/aromatic N) is 1. The van der Waals surface area contributed by atoms with E-state index in [0.29, 0.717) is 11.7 Å². The smallest absolute Gasteiger partial charge is 0.251 e. The van der Waals surface area contributed by atoms with Gasteiger partial charge in [0.05, 0.1) is 0 Å². The van der Waals surface area contributed by atoms with E-state index < -0.39 is 0 Å². The Labute approximate surface area is 95.6 Å². The summed E-state index contributed by atoms with van der Waals surface area (Å²) in [6.07, 6.45) is 2.24. The van der Waals surface area contributed by atoms with Crippen LogP contribution in [0.3, 0.4) is 0 Å². The zero-order valence-corrected chi connectivity index (χ0v) is 10.0. The van der Waals surface area contributed by atoms with E-state index in [1.807, 2.05) is 6.07 Å². The van der Waals surface area contributed by atoms with Gasteiger partial charge in [0, 0.05) is 18.9 Å². The lowest BCUT2D eigenvalue weighted by molar-refractivity contribution is -0.119. The first-order valence-electron chi connectivity index (χ1n) is 5.51. The van der Waals surface area contributed by atoms with Crippen molar-refractivity contribution in [3.8, 4) is 0 Å². The van der Waals surface area contributed by atoms with Crippen LogP contribution in [0.1, 0.15) is 38.3 Å². The van der Waals surface area contributed by atoms with Crippen molar-refractivity contribution in [2.75, 3.05) is 19.0 Å². The number of hydrogen-bond donors (Lipinski definition) is 2. The first-order valence-corrected chi connectivity index (χ1v) is 5.51. The van der Waals surface area contributed by atoms with Crippen LogP contribution in [0.15, 0.2) is 6.07 Å². The van der Waals surface area contributed by atoms with Crippen molar-refractivity contribution in [1.29, 1.82) is 0 Å². The predicted octanol–water partition coefficient (Wildman–Crippen LogP) is 1.90. The predicted molar refractivity (Wildman–Crippen MR) is 62.4 cm³/mol. The van der Waals surface area contributed by atoms with Gasteiger partial charge in [0.1, 0.15) is 6.61 Å². The third-order valence-electron chi connectivity index (χ3n) is 2.39. The first-order chi connectivity index (χ1) is 7.67. The standard InChI is InChI=1S/C11H19N3O2/c1-4-5-8(2)9-6-10(14-13-9)12-11(15)7-16-3/h6,8H,4-5,7H2,1-3H3,(H2,12,13,14,15)/t8-/m1/s1. The molecule has 0 aliphatic carbocycles. The van der Waals surface area contributed by atoms with E-state index in [1.165, 1.54) is 7.11 Å². The van der Waals surface area contributed by atoms with Gasteiger partial charge in [0.15, 0.2) is 5.82 Å². The van der Waals surface area contributed by atoms with E-state index in [-0.39, 0.29) is 12.5 Å². The second-order valence-electron chi connectivity index (χ2n) is 3.88. The van der Waals surface area contributed by atoms with Gasteiger partial charge in [-0.1, -0.05) is 20.3 Å². The van der Waals surface area contributed by atoms with Crippen molar-refractivity contribution in [3.05, 3.63) is 11.8 Å². The van der Waals surface area contributed by atoms with Crippen LogP contribution >= 0.6 is 0 Å². The lowest BCUT2D eigenvalue weighted by Gasteiger charge is -2.05.